The molecule has 0 heterocycles. The zero-order valence-electron chi connectivity index (χ0n) is 7.51. The van der Waals surface area contributed by atoms with Crippen molar-refractivity contribution < 1.29 is 4.79 Å². The van der Waals surface area contributed by atoms with Gasteiger partial charge in [0.1, 0.15) is 6.29 Å². The second-order valence-electron chi connectivity index (χ2n) is 3.97. The van der Waals surface area contributed by atoms with Crippen molar-refractivity contribution in [1.82, 2.24) is 0 Å². The van der Waals surface area contributed by atoms with E-state index in [-0.39, 0.29) is 0 Å². The molecule has 0 aromatic carbocycles. The third-order valence-corrected chi connectivity index (χ3v) is 3.23. The zero-order valence-corrected chi connectivity index (χ0v) is 7.51. The van der Waals surface area contributed by atoms with Crippen molar-refractivity contribution in [3.05, 3.63) is 11.1 Å². The highest BCUT2D eigenvalue weighted by molar-refractivity contribution is 5.60. The molecule has 66 valence electrons. The Bertz CT molecular complexity index is 211. The van der Waals surface area contributed by atoms with E-state index >= 15 is 0 Å². The highest BCUT2D eigenvalue weighted by Crippen LogP contribution is 2.37. The minimum atomic E-state index is 0.300. The summed E-state index contributed by atoms with van der Waals surface area (Å²) >= 11 is 0. The van der Waals surface area contributed by atoms with Crippen molar-refractivity contribution in [2.24, 2.45) is 5.92 Å². The second kappa shape index (κ2) is 3.42. The number of allylic oxidation sites excluding steroid dienone is 2. The molecular weight excluding hydrogens is 148 g/mol. The molecule has 1 nitrogen and oxygen atoms in total. The number of hydrogen-bond acceptors (Lipinski definition) is 1. The van der Waals surface area contributed by atoms with E-state index in [0.29, 0.717) is 5.92 Å². The smallest absolute Gasteiger partial charge is 0.127 e. The second-order valence-corrected chi connectivity index (χ2v) is 3.97. The Morgan fingerprint density at radius 3 is 2.67 bits per heavy atom. The molecule has 1 unspecified atom stereocenters. The Morgan fingerprint density at radius 2 is 1.83 bits per heavy atom. The monoisotopic (exact) mass is 164 g/mol. The molecule has 0 bridgehead atoms. The summed E-state index contributed by atoms with van der Waals surface area (Å²) in [5, 5.41) is 0. The van der Waals surface area contributed by atoms with Crippen molar-refractivity contribution in [3.63, 3.8) is 0 Å². The van der Waals surface area contributed by atoms with Gasteiger partial charge < -0.3 is 4.79 Å². The summed E-state index contributed by atoms with van der Waals surface area (Å²) < 4.78 is 0. The molecule has 0 radical (unpaired) electrons. The first kappa shape index (κ1) is 8.03. The van der Waals surface area contributed by atoms with Gasteiger partial charge in [0.2, 0.25) is 0 Å². The molecule has 0 aromatic rings. The maximum atomic E-state index is 10.8. The van der Waals surface area contributed by atoms with Gasteiger partial charge in [0, 0.05) is 5.92 Å². The van der Waals surface area contributed by atoms with Gasteiger partial charge in [-0.3, -0.25) is 0 Å². The highest BCUT2D eigenvalue weighted by Gasteiger charge is 2.23. The summed E-state index contributed by atoms with van der Waals surface area (Å²) in [5.74, 6) is 0.300. The summed E-state index contributed by atoms with van der Waals surface area (Å²) in [7, 11) is 0. The molecule has 0 aromatic heterocycles. The number of carbonyl (C=O) groups is 1. The first-order valence-corrected chi connectivity index (χ1v) is 5.08. The molecular formula is C11H16O. The first-order valence-electron chi connectivity index (χ1n) is 5.08. The fraction of sp³-hybridized carbons (Fsp3) is 0.727. The largest absolute Gasteiger partial charge is 0.303 e. The zero-order chi connectivity index (χ0) is 8.39. The van der Waals surface area contributed by atoms with Crippen LogP contribution in [0.3, 0.4) is 0 Å². The van der Waals surface area contributed by atoms with Crippen molar-refractivity contribution >= 4 is 6.29 Å². The number of rotatable bonds is 1. The minimum Gasteiger partial charge on any atom is -0.303 e. The maximum absolute atomic E-state index is 10.8. The molecule has 0 saturated heterocycles. The van der Waals surface area contributed by atoms with Crippen LogP contribution >= 0.6 is 0 Å². The quantitative estimate of drug-likeness (QED) is 0.430. The molecule has 12 heavy (non-hydrogen) atoms. The third kappa shape index (κ3) is 1.33. The molecule has 0 amide bonds. The van der Waals surface area contributed by atoms with Gasteiger partial charge in [0.25, 0.3) is 0 Å². The number of hydrogen-bond donors (Lipinski definition) is 0. The van der Waals surface area contributed by atoms with Crippen molar-refractivity contribution in [1.29, 1.82) is 0 Å². The van der Waals surface area contributed by atoms with Crippen LogP contribution in [-0.2, 0) is 4.79 Å². The number of carbonyl (C=O) groups excluding carboxylic acids is 1. The van der Waals surface area contributed by atoms with Gasteiger partial charge in [-0.05, 0) is 44.9 Å². The average Bonchev–Trinajstić information content (AvgIpc) is 2.17. The molecule has 0 aliphatic heterocycles. The fourth-order valence-corrected chi connectivity index (χ4v) is 2.58. The van der Waals surface area contributed by atoms with Gasteiger partial charge in [-0.15, -0.1) is 0 Å². The fourth-order valence-electron chi connectivity index (χ4n) is 2.58. The molecule has 2 rings (SSSR count). The van der Waals surface area contributed by atoms with Gasteiger partial charge in [0.05, 0.1) is 0 Å². The van der Waals surface area contributed by atoms with Crippen molar-refractivity contribution in [2.45, 2.75) is 44.9 Å². The van der Waals surface area contributed by atoms with Crippen LogP contribution in [0.4, 0.5) is 0 Å². The van der Waals surface area contributed by atoms with Gasteiger partial charge in [-0.25, -0.2) is 0 Å². The molecule has 0 spiro atoms. The lowest BCUT2D eigenvalue weighted by Crippen LogP contribution is -2.16. The predicted molar refractivity (Wildman–Crippen MR) is 48.9 cm³/mol. The van der Waals surface area contributed by atoms with Crippen LogP contribution in [0.25, 0.3) is 0 Å². The van der Waals surface area contributed by atoms with E-state index in [4.69, 9.17) is 0 Å². The lowest BCUT2D eigenvalue weighted by atomic mass is 9.76. The summed E-state index contributed by atoms with van der Waals surface area (Å²) in [6.45, 7) is 0. The van der Waals surface area contributed by atoms with E-state index in [0.717, 1.165) is 6.42 Å². The number of aldehydes is 1. The summed E-state index contributed by atoms with van der Waals surface area (Å²) in [5.41, 5.74) is 3.15. The van der Waals surface area contributed by atoms with Crippen LogP contribution in [-0.4, -0.2) is 6.29 Å². The highest BCUT2D eigenvalue weighted by atomic mass is 16.1. The molecule has 2 aliphatic rings. The lowest BCUT2D eigenvalue weighted by molar-refractivity contribution is -0.110. The van der Waals surface area contributed by atoms with Gasteiger partial charge in [-0.1, -0.05) is 11.1 Å². The topological polar surface area (TPSA) is 17.1 Å². The third-order valence-electron chi connectivity index (χ3n) is 3.23. The average molecular weight is 164 g/mol. The van der Waals surface area contributed by atoms with Gasteiger partial charge in [0.15, 0.2) is 0 Å². The van der Waals surface area contributed by atoms with Crippen LogP contribution in [0, 0.1) is 5.92 Å². The van der Waals surface area contributed by atoms with E-state index in [9.17, 15) is 4.79 Å². The Morgan fingerprint density at radius 1 is 1.08 bits per heavy atom. The molecule has 0 N–H and O–H groups in total. The van der Waals surface area contributed by atoms with Gasteiger partial charge in [-0.2, -0.15) is 0 Å². The van der Waals surface area contributed by atoms with Crippen LogP contribution in [0.2, 0.25) is 0 Å². The molecule has 1 heteroatoms. The van der Waals surface area contributed by atoms with Crippen LogP contribution in [0.5, 0.6) is 0 Å². The standard InChI is InChI=1S/C11H16O/c12-8-10-6-3-5-9-4-1-2-7-11(9)10/h8,10H,1-7H2. The molecule has 2 aliphatic carbocycles. The Kier molecular flexibility index (Phi) is 2.29. The summed E-state index contributed by atoms with van der Waals surface area (Å²) in [6, 6.07) is 0. The van der Waals surface area contributed by atoms with E-state index in [1.165, 1.54) is 50.4 Å². The lowest BCUT2D eigenvalue weighted by Gasteiger charge is -2.28. The van der Waals surface area contributed by atoms with Gasteiger partial charge >= 0.3 is 0 Å². The minimum absolute atomic E-state index is 0.300. The Hall–Kier alpha value is -0.590. The van der Waals surface area contributed by atoms with E-state index in [1.54, 1.807) is 5.57 Å². The molecule has 1 atom stereocenters. The summed E-state index contributed by atoms with van der Waals surface area (Å²) in [4.78, 5) is 10.8. The van der Waals surface area contributed by atoms with E-state index in [1.807, 2.05) is 0 Å². The molecule has 0 fully saturated rings. The van der Waals surface area contributed by atoms with Crippen molar-refractivity contribution in [2.75, 3.05) is 0 Å². The normalized spacial score (nSPS) is 29.8. The molecule has 0 saturated carbocycles. The summed E-state index contributed by atoms with van der Waals surface area (Å²) in [6.07, 6.45) is 9.94. The predicted octanol–water partition coefficient (Wildman–Crippen LogP) is 2.86. The van der Waals surface area contributed by atoms with Crippen LogP contribution in [0.1, 0.15) is 44.9 Å². The maximum Gasteiger partial charge on any atom is 0.127 e. The SMILES string of the molecule is O=CC1CCCC2=C1CCCC2. The van der Waals surface area contributed by atoms with E-state index < -0.39 is 0 Å². The van der Waals surface area contributed by atoms with Crippen LogP contribution in [0.15, 0.2) is 11.1 Å². The Labute approximate surface area is 73.8 Å². The van der Waals surface area contributed by atoms with Crippen molar-refractivity contribution in [3.8, 4) is 0 Å². The van der Waals surface area contributed by atoms with E-state index in [2.05, 4.69) is 0 Å². The van der Waals surface area contributed by atoms with Crippen LogP contribution < -0.4 is 0 Å². The Balaban J connectivity index is 2.23. The first-order chi connectivity index (χ1) is 5.92.